The second-order valence-corrected chi connectivity index (χ2v) is 1.56. The molecule has 0 bridgehead atoms. The van der Waals surface area contributed by atoms with E-state index >= 15 is 0 Å². The van der Waals surface area contributed by atoms with E-state index < -0.39 is 0 Å². The first-order chi connectivity index (χ1) is 3.27. The van der Waals surface area contributed by atoms with Crippen molar-refractivity contribution >= 4 is 0 Å². The van der Waals surface area contributed by atoms with Crippen molar-refractivity contribution in [2.45, 2.75) is 20.8 Å². The van der Waals surface area contributed by atoms with Crippen molar-refractivity contribution < 1.29 is 65.4 Å². The minimum absolute atomic E-state index is 0. The first-order valence-electron chi connectivity index (χ1n) is 2.37. The van der Waals surface area contributed by atoms with Gasteiger partial charge in [-0.05, 0) is 0 Å². The maximum Gasteiger partial charge on any atom is 0 e. The van der Waals surface area contributed by atoms with Gasteiger partial charge in [-0.2, -0.15) is 0 Å². The fourth-order valence-electron chi connectivity index (χ4n) is 0.217. The van der Waals surface area contributed by atoms with E-state index in [4.69, 9.17) is 0 Å². The quantitative estimate of drug-likeness (QED) is 0.477. The zero-order valence-corrected chi connectivity index (χ0v) is 13.9. The van der Waals surface area contributed by atoms with Crippen LogP contribution in [-0.4, -0.2) is 0 Å². The van der Waals surface area contributed by atoms with Gasteiger partial charge in [0.1, 0.15) is 0 Å². The predicted molar refractivity (Wildman–Crippen MR) is 45.2 cm³/mol. The molecular weight excluding hydrogens is 286 g/mol. The molecule has 0 rings (SSSR count). The minimum atomic E-state index is 0. The molecular formula is C9H16Y2-4. The minimum Gasteiger partial charge on any atom is -0.521 e. The largest absolute Gasteiger partial charge is 0.521 e. The van der Waals surface area contributed by atoms with Crippen molar-refractivity contribution in [3.8, 4) is 11.8 Å². The summed E-state index contributed by atoms with van der Waals surface area (Å²) in [4.78, 5) is 0. The van der Waals surface area contributed by atoms with Crippen molar-refractivity contribution in [3.63, 3.8) is 0 Å². The molecule has 62 valence electrons. The monoisotopic (exact) mass is 302 g/mol. The second-order valence-electron chi connectivity index (χ2n) is 1.56. The van der Waals surface area contributed by atoms with E-state index in [1.54, 1.807) is 0 Å². The van der Waals surface area contributed by atoms with Crippen LogP contribution in [0, 0.1) is 39.0 Å². The Morgan fingerprint density at radius 3 is 1.55 bits per heavy atom. The van der Waals surface area contributed by atoms with Gasteiger partial charge in [0.2, 0.25) is 0 Å². The van der Waals surface area contributed by atoms with E-state index in [0.717, 1.165) is 5.92 Å². The SMILES string of the molecule is C[CH-]C#C[C-](C)C.[CH3-].[CH3-].[Y].[Y]. The Kier molecular flexibility index (Phi) is 60.2. The van der Waals surface area contributed by atoms with Gasteiger partial charge in [-0.25, -0.2) is 0 Å². The van der Waals surface area contributed by atoms with Gasteiger partial charge in [0.05, 0.1) is 0 Å². The van der Waals surface area contributed by atoms with Crippen molar-refractivity contribution in [3.05, 3.63) is 27.2 Å². The Balaban J connectivity index is -0.0000000300. The van der Waals surface area contributed by atoms with Crippen molar-refractivity contribution in [1.29, 1.82) is 0 Å². The third-order valence-corrected chi connectivity index (χ3v) is 0.467. The first kappa shape index (κ1) is 29.4. The molecule has 0 fully saturated rings. The maximum atomic E-state index is 2.91. The summed E-state index contributed by atoms with van der Waals surface area (Å²) >= 11 is 0. The molecule has 0 N–H and O–H groups in total. The zero-order valence-electron chi connectivity index (χ0n) is 8.23. The van der Waals surface area contributed by atoms with Gasteiger partial charge in [-0.1, -0.05) is 0 Å². The van der Waals surface area contributed by atoms with Gasteiger partial charge in [-0.15, -0.1) is 20.8 Å². The molecule has 0 spiro atoms. The molecule has 0 aromatic rings. The summed E-state index contributed by atoms with van der Waals surface area (Å²) in [6.07, 6.45) is 1.84. The molecule has 0 saturated carbocycles. The van der Waals surface area contributed by atoms with Crippen LogP contribution in [-0.2, 0) is 65.4 Å². The Hall–Kier alpha value is 1.51. The van der Waals surface area contributed by atoms with Crippen LogP contribution in [0.2, 0.25) is 0 Å². The molecule has 0 aliphatic heterocycles. The Bertz CT molecular complexity index is 87.5. The van der Waals surface area contributed by atoms with Crippen molar-refractivity contribution in [2.24, 2.45) is 0 Å². The van der Waals surface area contributed by atoms with E-state index in [1.165, 1.54) is 0 Å². The summed E-state index contributed by atoms with van der Waals surface area (Å²) in [5.41, 5.74) is 0. The molecule has 11 heavy (non-hydrogen) atoms. The smallest absolute Gasteiger partial charge is 0 e. The molecule has 2 heteroatoms. The Morgan fingerprint density at radius 2 is 1.45 bits per heavy atom. The molecule has 0 aliphatic rings. The molecule has 0 amide bonds. The summed E-state index contributed by atoms with van der Waals surface area (Å²) in [6, 6.07) is 0. The fourth-order valence-corrected chi connectivity index (χ4v) is 0.217. The molecule has 0 aromatic heterocycles. The Labute approximate surface area is 123 Å². The summed E-state index contributed by atoms with van der Waals surface area (Å²) in [5.74, 6) is 6.91. The van der Waals surface area contributed by atoms with E-state index in [2.05, 4.69) is 11.8 Å². The first-order valence-corrected chi connectivity index (χ1v) is 2.37. The molecule has 0 saturated heterocycles. The van der Waals surface area contributed by atoms with Gasteiger partial charge in [0, 0.05) is 65.4 Å². The predicted octanol–water partition coefficient (Wildman–Crippen LogP) is 2.72. The van der Waals surface area contributed by atoms with Crippen LogP contribution in [0.25, 0.3) is 0 Å². The van der Waals surface area contributed by atoms with Crippen LogP contribution in [0.15, 0.2) is 0 Å². The fraction of sp³-hybridized carbons (Fsp3) is 0.333. The van der Waals surface area contributed by atoms with Crippen LogP contribution in [0.1, 0.15) is 20.8 Å². The van der Waals surface area contributed by atoms with Crippen molar-refractivity contribution in [1.82, 2.24) is 0 Å². The standard InChI is InChI=1S/C7H10.2CH3.2Y/c1-4-5-6-7(2)3;;;;/h4H,1-3H3;2*1H3;;/q-2;2*-1;;. The summed E-state index contributed by atoms with van der Waals surface area (Å²) in [7, 11) is 0. The topological polar surface area (TPSA) is 0 Å². The van der Waals surface area contributed by atoms with Crippen molar-refractivity contribution in [2.75, 3.05) is 0 Å². The summed E-state index contributed by atoms with van der Waals surface area (Å²) in [6.45, 7) is 5.92. The summed E-state index contributed by atoms with van der Waals surface area (Å²) in [5, 5.41) is 0. The maximum absolute atomic E-state index is 2.91. The van der Waals surface area contributed by atoms with Crippen LogP contribution in [0.4, 0.5) is 0 Å². The van der Waals surface area contributed by atoms with Gasteiger partial charge in [0.15, 0.2) is 0 Å². The van der Waals surface area contributed by atoms with E-state index in [9.17, 15) is 0 Å². The molecule has 0 atom stereocenters. The van der Waals surface area contributed by atoms with Gasteiger partial charge in [-0.3, -0.25) is 12.3 Å². The van der Waals surface area contributed by atoms with E-state index in [0.29, 0.717) is 0 Å². The molecule has 0 aromatic carbocycles. The average Bonchev–Trinajstić information content (AvgIpc) is 1.61. The molecule has 2 radical (unpaired) electrons. The molecule has 0 heterocycles. The van der Waals surface area contributed by atoms with E-state index in [-0.39, 0.29) is 80.3 Å². The van der Waals surface area contributed by atoms with Crippen LogP contribution < -0.4 is 0 Å². The third-order valence-electron chi connectivity index (χ3n) is 0.467. The molecule has 0 unspecified atom stereocenters. The number of rotatable bonds is 0. The number of hydrogen-bond acceptors (Lipinski definition) is 0. The average molecular weight is 302 g/mol. The normalized spacial score (nSPS) is 3.91. The zero-order chi connectivity index (χ0) is 5.70. The van der Waals surface area contributed by atoms with Crippen LogP contribution >= 0.6 is 0 Å². The van der Waals surface area contributed by atoms with Gasteiger partial charge >= 0.3 is 0 Å². The van der Waals surface area contributed by atoms with Crippen LogP contribution in [0.3, 0.4) is 0 Å². The molecule has 0 aliphatic carbocycles. The van der Waals surface area contributed by atoms with Gasteiger partial charge < -0.3 is 26.7 Å². The van der Waals surface area contributed by atoms with E-state index in [1.807, 2.05) is 27.2 Å². The Morgan fingerprint density at radius 1 is 1.09 bits per heavy atom. The summed E-state index contributed by atoms with van der Waals surface area (Å²) < 4.78 is 0. The van der Waals surface area contributed by atoms with Gasteiger partial charge in [0.25, 0.3) is 0 Å². The molecule has 0 nitrogen and oxygen atoms in total. The third kappa shape index (κ3) is 34.3. The number of hydrogen-bond donors (Lipinski definition) is 0. The second kappa shape index (κ2) is 22.5. The van der Waals surface area contributed by atoms with Crippen LogP contribution in [0.5, 0.6) is 0 Å².